The summed E-state index contributed by atoms with van der Waals surface area (Å²) < 4.78 is 8.88. The summed E-state index contributed by atoms with van der Waals surface area (Å²) in [5.41, 5.74) is 10.6. The zero-order valence-corrected chi connectivity index (χ0v) is 29.7. The van der Waals surface area contributed by atoms with Crippen LogP contribution in [0.3, 0.4) is 0 Å². The highest BCUT2D eigenvalue weighted by atomic mass is 32.1. The Kier molecular flexibility index (Phi) is 7.00. The fourth-order valence-corrected chi connectivity index (χ4v) is 8.95. The molecule has 0 saturated carbocycles. The van der Waals surface area contributed by atoms with Gasteiger partial charge in [-0.25, -0.2) is 15.0 Å². The summed E-state index contributed by atoms with van der Waals surface area (Å²) in [5, 5.41) is 6.96. The number of benzene rings is 7. The standard InChI is InChI=1S/C49H29N3OS/c1-2-11-34(12-3-1)48-50-41(31-23-21-30(22-24-31)35-17-10-18-39-36-13-7-9-20-44(36)54-47(35)39)29-42(51-48)32-25-27-33(28-26-32)46-38-15-5-4-14-37(38)45-40-16-6-8-19-43(40)53-49(45)52-46/h1-29H. The molecule has 54 heavy (non-hydrogen) atoms. The number of furan rings is 1. The van der Waals surface area contributed by atoms with Crippen molar-refractivity contribution in [3.05, 3.63) is 176 Å². The molecule has 4 heterocycles. The lowest BCUT2D eigenvalue weighted by Crippen LogP contribution is -1.96. The molecular weight excluding hydrogens is 679 g/mol. The van der Waals surface area contributed by atoms with Crippen molar-refractivity contribution in [3.8, 4) is 56.3 Å². The van der Waals surface area contributed by atoms with Crippen molar-refractivity contribution in [3.63, 3.8) is 0 Å². The van der Waals surface area contributed by atoms with Gasteiger partial charge >= 0.3 is 0 Å². The molecule has 0 N–H and O–H groups in total. The van der Waals surface area contributed by atoms with Gasteiger partial charge in [0.2, 0.25) is 5.71 Å². The quantitative estimate of drug-likeness (QED) is 0.179. The van der Waals surface area contributed by atoms with E-state index < -0.39 is 0 Å². The second kappa shape index (κ2) is 12.3. The molecule has 4 nitrogen and oxygen atoms in total. The van der Waals surface area contributed by atoms with Gasteiger partial charge in [0, 0.05) is 53.2 Å². The third-order valence-corrected chi connectivity index (χ3v) is 11.6. The number of hydrogen-bond acceptors (Lipinski definition) is 5. The van der Waals surface area contributed by atoms with E-state index in [1.807, 2.05) is 47.7 Å². The minimum absolute atomic E-state index is 0.647. The van der Waals surface area contributed by atoms with Crippen LogP contribution in [0.1, 0.15) is 0 Å². The van der Waals surface area contributed by atoms with Gasteiger partial charge in [0.15, 0.2) is 5.82 Å². The van der Waals surface area contributed by atoms with Crippen LogP contribution >= 0.6 is 11.3 Å². The van der Waals surface area contributed by atoms with Crippen LogP contribution < -0.4 is 0 Å². The highest BCUT2D eigenvalue weighted by Crippen LogP contribution is 2.41. The van der Waals surface area contributed by atoms with Gasteiger partial charge in [-0.05, 0) is 34.7 Å². The highest BCUT2D eigenvalue weighted by Gasteiger charge is 2.17. The lowest BCUT2D eigenvalue weighted by molar-refractivity contribution is 0.655. The summed E-state index contributed by atoms with van der Waals surface area (Å²) in [6, 6.07) is 61.4. The van der Waals surface area contributed by atoms with Gasteiger partial charge in [-0.15, -0.1) is 11.3 Å². The number of pyridine rings is 1. The summed E-state index contributed by atoms with van der Waals surface area (Å²) in [4.78, 5) is 15.3. The van der Waals surface area contributed by atoms with E-state index in [-0.39, 0.29) is 0 Å². The van der Waals surface area contributed by atoms with Crippen LogP contribution in [0.25, 0.3) is 109 Å². The smallest absolute Gasteiger partial charge is 0.228 e. The van der Waals surface area contributed by atoms with Crippen molar-refractivity contribution in [1.82, 2.24) is 15.0 Å². The molecule has 0 aliphatic carbocycles. The van der Waals surface area contributed by atoms with Crippen LogP contribution in [0.2, 0.25) is 0 Å². The Morgan fingerprint density at radius 1 is 0.407 bits per heavy atom. The van der Waals surface area contributed by atoms with Crippen LogP contribution in [0.15, 0.2) is 180 Å². The van der Waals surface area contributed by atoms with Crippen LogP contribution in [-0.4, -0.2) is 15.0 Å². The maximum Gasteiger partial charge on any atom is 0.228 e. The van der Waals surface area contributed by atoms with Crippen LogP contribution in [0, 0.1) is 0 Å². The third kappa shape index (κ3) is 5.01. The lowest BCUT2D eigenvalue weighted by Gasteiger charge is -2.11. The molecule has 11 rings (SSSR count). The van der Waals surface area contributed by atoms with E-state index in [0.717, 1.165) is 66.5 Å². The number of thiophene rings is 1. The topological polar surface area (TPSA) is 51.8 Å². The zero-order chi connectivity index (χ0) is 35.6. The zero-order valence-electron chi connectivity index (χ0n) is 28.9. The summed E-state index contributed by atoms with van der Waals surface area (Å²) in [5.74, 6) is 0.689. The van der Waals surface area contributed by atoms with Crippen LogP contribution in [-0.2, 0) is 0 Å². The SMILES string of the molecule is c1ccc(-c2nc(-c3ccc(-c4nc5oc6ccccc6c5c5ccccc45)cc3)cc(-c3ccc(-c4cccc5c4sc4ccccc45)cc3)n2)cc1. The van der Waals surface area contributed by atoms with Crippen LogP contribution in [0.4, 0.5) is 0 Å². The first-order valence-corrected chi connectivity index (χ1v) is 18.8. The predicted octanol–water partition coefficient (Wildman–Crippen LogP) is 13.6. The van der Waals surface area contributed by atoms with Gasteiger partial charge in [-0.3, -0.25) is 0 Å². The lowest BCUT2D eigenvalue weighted by atomic mass is 9.98. The minimum atomic E-state index is 0.647. The molecule has 0 saturated heterocycles. The Hall–Kier alpha value is -6.95. The molecule has 0 atom stereocenters. The second-order valence-corrected chi connectivity index (χ2v) is 14.6. The number of hydrogen-bond donors (Lipinski definition) is 0. The molecule has 0 aliphatic rings. The fraction of sp³-hybridized carbons (Fsp3) is 0. The molecule has 11 aromatic rings. The summed E-state index contributed by atoms with van der Waals surface area (Å²) in [6.45, 7) is 0. The maximum atomic E-state index is 6.26. The summed E-state index contributed by atoms with van der Waals surface area (Å²) in [7, 11) is 0. The second-order valence-electron chi connectivity index (χ2n) is 13.5. The molecule has 0 bridgehead atoms. The Morgan fingerprint density at radius 2 is 1.00 bits per heavy atom. The van der Waals surface area contributed by atoms with E-state index in [9.17, 15) is 0 Å². The molecule has 0 unspecified atom stereocenters. The van der Waals surface area contributed by atoms with Crippen molar-refractivity contribution in [2.45, 2.75) is 0 Å². The number of rotatable bonds is 5. The molecule has 7 aromatic carbocycles. The average molecular weight is 708 g/mol. The molecule has 0 fully saturated rings. The van der Waals surface area contributed by atoms with E-state index in [1.165, 1.54) is 31.3 Å². The average Bonchev–Trinajstić information content (AvgIpc) is 3.82. The molecule has 4 aromatic heterocycles. The van der Waals surface area contributed by atoms with Crippen molar-refractivity contribution in [1.29, 1.82) is 0 Å². The first-order valence-electron chi connectivity index (χ1n) is 18.0. The Balaban J connectivity index is 0.995. The number of nitrogens with zero attached hydrogens (tertiary/aromatic N) is 3. The largest absolute Gasteiger partial charge is 0.438 e. The molecular formula is C49H29N3OS. The highest BCUT2D eigenvalue weighted by molar-refractivity contribution is 7.26. The van der Waals surface area contributed by atoms with Crippen molar-refractivity contribution in [2.24, 2.45) is 0 Å². The van der Waals surface area contributed by atoms with Gasteiger partial charge in [0.25, 0.3) is 0 Å². The van der Waals surface area contributed by atoms with Crippen molar-refractivity contribution in [2.75, 3.05) is 0 Å². The van der Waals surface area contributed by atoms with Gasteiger partial charge in [0.1, 0.15) is 5.58 Å². The molecule has 0 radical (unpaired) electrons. The third-order valence-electron chi connectivity index (χ3n) is 10.3. The Morgan fingerprint density at radius 3 is 1.76 bits per heavy atom. The van der Waals surface area contributed by atoms with Crippen LogP contribution in [0.5, 0.6) is 0 Å². The van der Waals surface area contributed by atoms with Gasteiger partial charge < -0.3 is 4.42 Å². The number of para-hydroxylation sites is 1. The normalized spacial score (nSPS) is 11.7. The van der Waals surface area contributed by atoms with Crippen molar-refractivity contribution >= 4 is 64.4 Å². The first-order chi connectivity index (χ1) is 26.7. The Labute approximate surface area is 314 Å². The molecule has 0 aliphatic heterocycles. The minimum Gasteiger partial charge on any atom is -0.438 e. The van der Waals surface area contributed by atoms with Gasteiger partial charge in [-0.1, -0.05) is 158 Å². The van der Waals surface area contributed by atoms with E-state index in [1.54, 1.807) is 0 Å². The number of aromatic nitrogens is 3. The Bertz CT molecular complexity index is 3200. The summed E-state index contributed by atoms with van der Waals surface area (Å²) >= 11 is 1.85. The van der Waals surface area contributed by atoms with Gasteiger partial charge in [-0.2, -0.15) is 0 Å². The van der Waals surface area contributed by atoms with E-state index in [2.05, 4.69) is 140 Å². The predicted molar refractivity (Wildman–Crippen MR) is 225 cm³/mol. The van der Waals surface area contributed by atoms with E-state index in [0.29, 0.717) is 11.5 Å². The molecule has 0 spiro atoms. The number of fused-ring (bicyclic) bond motifs is 8. The van der Waals surface area contributed by atoms with Gasteiger partial charge in [0.05, 0.1) is 22.5 Å². The molecule has 5 heteroatoms. The molecule has 0 amide bonds. The monoisotopic (exact) mass is 707 g/mol. The summed E-state index contributed by atoms with van der Waals surface area (Å²) in [6.07, 6.45) is 0. The van der Waals surface area contributed by atoms with Crippen molar-refractivity contribution < 1.29 is 4.42 Å². The fourth-order valence-electron chi connectivity index (χ4n) is 7.71. The van der Waals surface area contributed by atoms with E-state index in [4.69, 9.17) is 19.4 Å². The maximum absolute atomic E-state index is 6.26. The first kappa shape index (κ1) is 30.7. The molecule has 252 valence electrons. The van der Waals surface area contributed by atoms with E-state index >= 15 is 0 Å².